The van der Waals surface area contributed by atoms with Crippen LogP contribution in [0.4, 0.5) is 0 Å². The van der Waals surface area contributed by atoms with Crippen LogP contribution in [0.5, 0.6) is 0 Å². The summed E-state index contributed by atoms with van der Waals surface area (Å²) < 4.78 is 1.80. The van der Waals surface area contributed by atoms with E-state index in [0.717, 1.165) is 35.3 Å². The van der Waals surface area contributed by atoms with Gasteiger partial charge in [-0.3, -0.25) is 0 Å². The molecule has 0 saturated carbocycles. The molecule has 0 fully saturated rings. The predicted molar refractivity (Wildman–Crippen MR) is 116 cm³/mol. The van der Waals surface area contributed by atoms with Gasteiger partial charge in [-0.2, -0.15) is 5.10 Å². The number of nitrogens with one attached hydrogen (secondary N) is 1. The lowest BCUT2D eigenvalue weighted by Gasteiger charge is -2.28. The summed E-state index contributed by atoms with van der Waals surface area (Å²) in [5.74, 6) is 0. The standard InChI is InChI=1S/C21H16Cl2N4.ClH/c22-18-5-3-15(10-19(18)23)21-17-9-14(2-1-13(17)7-8-24-21)16-4-6-20-25-12-26-27(20)11-16;/h1-6,9-12,21,24H,7-8H2;1H/t21-;/m0./s1. The smallest absolute Gasteiger partial charge is 0.155 e. The number of fused-ring (bicyclic) bond motifs is 2. The molecule has 2 aromatic carbocycles. The van der Waals surface area contributed by atoms with Crippen molar-refractivity contribution in [2.75, 3.05) is 6.54 Å². The summed E-state index contributed by atoms with van der Waals surface area (Å²) in [4.78, 5) is 4.21. The SMILES string of the molecule is Cl.Clc1ccc([C@@H]2NCCc3ccc(-c4ccc5ncnn5c4)cc32)cc1Cl. The summed E-state index contributed by atoms with van der Waals surface area (Å²) in [6, 6.07) is 16.7. The summed E-state index contributed by atoms with van der Waals surface area (Å²) in [5.41, 5.74) is 6.85. The van der Waals surface area contributed by atoms with Crippen LogP contribution in [0.25, 0.3) is 16.8 Å². The Morgan fingerprint density at radius 3 is 2.68 bits per heavy atom. The van der Waals surface area contributed by atoms with E-state index in [1.54, 1.807) is 10.8 Å². The molecule has 4 aromatic rings. The summed E-state index contributed by atoms with van der Waals surface area (Å²) in [5, 5.41) is 9.01. The van der Waals surface area contributed by atoms with Gasteiger partial charge >= 0.3 is 0 Å². The fourth-order valence-electron chi connectivity index (χ4n) is 3.71. The van der Waals surface area contributed by atoms with Gasteiger partial charge in [-0.25, -0.2) is 9.50 Å². The second kappa shape index (κ2) is 7.72. The zero-order valence-electron chi connectivity index (χ0n) is 14.8. The first-order chi connectivity index (χ1) is 13.2. The third-order valence-corrected chi connectivity index (χ3v) is 5.82. The van der Waals surface area contributed by atoms with Crippen molar-refractivity contribution in [2.24, 2.45) is 0 Å². The number of halogens is 3. The Labute approximate surface area is 178 Å². The van der Waals surface area contributed by atoms with Crippen LogP contribution in [0.1, 0.15) is 22.7 Å². The van der Waals surface area contributed by atoms with E-state index < -0.39 is 0 Å². The van der Waals surface area contributed by atoms with Gasteiger partial charge in [0.1, 0.15) is 6.33 Å². The second-order valence-electron chi connectivity index (χ2n) is 6.70. The molecule has 5 rings (SSSR count). The Kier molecular flexibility index (Phi) is 5.30. The van der Waals surface area contributed by atoms with Crippen molar-refractivity contribution in [2.45, 2.75) is 12.5 Å². The molecule has 2 aromatic heterocycles. The summed E-state index contributed by atoms with van der Waals surface area (Å²) in [6.45, 7) is 0.933. The molecule has 4 nitrogen and oxygen atoms in total. The molecule has 1 N–H and O–H groups in total. The molecule has 0 amide bonds. The lowest BCUT2D eigenvalue weighted by molar-refractivity contribution is 0.568. The normalized spacial score (nSPS) is 15.9. The largest absolute Gasteiger partial charge is 0.306 e. The molecule has 28 heavy (non-hydrogen) atoms. The minimum Gasteiger partial charge on any atom is -0.306 e. The van der Waals surface area contributed by atoms with Crippen molar-refractivity contribution in [1.82, 2.24) is 19.9 Å². The first kappa shape index (κ1) is 19.2. The summed E-state index contributed by atoms with van der Waals surface area (Å²) in [6.07, 6.45) is 4.58. The number of pyridine rings is 1. The average molecular weight is 432 g/mol. The van der Waals surface area contributed by atoms with Crippen LogP contribution in [-0.4, -0.2) is 21.1 Å². The Bertz CT molecular complexity index is 1160. The van der Waals surface area contributed by atoms with Gasteiger partial charge < -0.3 is 5.32 Å². The van der Waals surface area contributed by atoms with Gasteiger partial charge in [-0.1, -0.05) is 41.4 Å². The van der Waals surface area contributed by atoms with Gasteiger partial charge in [0.25, 0.3) is 0 Å². The molecule has 142 valence electrons. The molecule has 0 unspecified atom stereocenters. The van der Waals surface area contributed by atoms with Crippen LogP contribution in [0.15, 0.2) is 61.1 Å². The molecule has 1 aliphatic heterocycles. The Morgan fingerprint density at radius 1 is 0.964 bits per heavy atom. The van der Waals surface area contributed by atoms with E-state index in [0.29, 0.717) is 10.0 Å². The van der Waals surface area contributed by atoms with Crippen molar-refractivity contribution in [1.29, 1.82) is 0 Å². The van der Waals surface area contributed by atoms with Crippen molar-refractivity contribution < 1.29 is 0 Å². The van der Waals surface area contributed by atoms with E-state index in [9.17, 15) is 0 Å². The number of benzene rings is 2. The highest BCUT2D eigenvalue weighted by atomic mass is 35.5. The van der Waals surface area contributed by atoms with Crippen LogP contribution in [0, 0.1) is 0 Å². The van der Waals surface area contributed by atoms with E-state index in [-0.39, 0.29) is 18.4 Å². The first-order valence-corrected chi connectivity index (χ1v) is 9.55. The molecule has 0 spiro atoms. The molecule has 0 aliphatic carbocycles. The number of hydrogen-bond donors (Lipinski definition) is 1. The maximum Gasteiger partial charge on any atom is 0.155 e. The zero-order chi connectivity index (χ0) is 18.4. The Morgan fingerprint density at radius 2 is 1.82 bits per heavy atom. The van der Waals surface area contributed by atoms with E-state index in [4.69, 9.17) is 23.2 Å². The molecule has 1 atom stereocenters. The summed E-state index contributed by atoms with van der Waals surface area (Å²) >= 11 is 12.4. The van der Waals surface area contributed by atoms with E-state index in [2.05, 4.69) is 39.7 Å². The van der Waals surface area contributed by atoms with Crippen molar-refractivity contribution in [3.8, 4) is 11.1 Å². The second-order valence-corrected chi connectivity index (χ2v) is 7.52. The van der Waals surface area contributed by atoms with Gasteiger partial charge in [0.15, 0.2) is 5.65 Å². The van der Waals surface area contributed by atoms with Crippen molar-refractivity contribution >= 4 is 41.3 Å². The summed E-state index contributed by atoms with van der Waals surface area (Å²) in [7, 11) is 0. The van der Waals surface area contributed by atoms with E-state index >= 15 is 0 Å². The highest BCUT2D eigenvalue weighted by molar-refractivity contribution is 6.42. The minimum atomic E-state index is 0. The molecule has 1 aliphatic rings. The van der Waals surface area contributed by atoms with Crippen LogP contribution in [0.3, 0.4) is 0 Å². The van der Waals surface area contributed by atoms with E-state index in [1.807, 2.05) is 30.5 Å². The number of nitrogens with zero attached hydrogens (tertiary/aromatic N) is 3. The van der Waals surface area contributed by atoms with Crippen LogP contribution >= 0.6 is 35.6 Å². The predicted octanol–water partition coefficient (Wildman–Crippen LogP) is 5.36. The van der Waals surface area contributed by atoms with Crippen molar-refractivity contribution in [3.63, 3.8) is 0 Å². The van der Waals surface area contributed by atoms with Crippen LogP contribution in [0.2, 0.25) is 10.0 Å². The van der Waals surface area contributed by atoms with Crippen LogP contribution in [-0.2, 0) is 6.42 Å². The third kappa shape index (κ3) is 3.38. The lowest BCUT2D eigenvalue weighted by Crippen LogP contribution is -2.30. The number of aromatic nitrogens is 3. The number of rotatable bonds is 2. The molecular weight excluding hydrogens is 415 g/mol. The Balaban J connectivity index is 0.00000192. The van der Waals surface area contributed by atoms with Gasteiger partial charge in [-0.15, -0.1) is 12.4 Å². The fourth-order valence-corrected chi connectivity index (χ4v) is 4.02. The molecule has 0 bridgehead atoms. The van der Waals surface area contributed by atoms with E-state index in [1.165, 1.54) is 11.1 Å². The quantitative estimate of drug-likeness (QED) is 0.464. The monoisotopic (exact) mass is 430 g/mol. The average Bonchev–Trinajstić information content (AvgIpc) is 3.17. The third-order valence-electron chi connectivity index (χ3n) is 5.08. The van der Waals surface area contributed by atoms with Gasteiger partial charge in [0, 0.05) is 18.3 Å². The molecule has 0 saturated heterocycles. The van der Waals surface area contributed by atoms with Gasteiger partial charge in [-0.05, 0) is 59.0 Å². The molecule has 0 radical (unpaired) electrons. The first-order valence-electron chi connectivity index (χ1n) is 8.80. The minimum absolute atomic E-state index is 0. The fraction of sp³-hybridized carbons (Fsp3) is 0.143. The van der Waals surface area contributed by atoms with Crippen molar-refractivity contribution in [3.05, 3.63) is 87.8 Å². The highest BCUT2D eigenvalue weighted by Gasteiger charge is 2.22. The molecular formula is C21H17Cl3N4. The zero-order valence-corrected chi connectivity index (χ0v) is 17.1. The van der Waals surface area contributed by atoms with Gasteiger partial charge in [0.05, 0.1) is 16.1 Å². The maximum atomic E-state index is 6.26. The highest BCUT2D eigenvalue weighted by Crippen LogP contribution is 2.34. The lowest BCUT2D eigenvalue weighted by atomic mass is 9.87. The molecule has 7 heteroatoms. The topological polar surface area (TPSA) is 42.2 Å². The number of hydrogen-bond acceptors (Lipinski definition) is 3. The molecule has 3 heterocycles. The Hall–Kier alpha value is -2.11. The van der Waals surface area contributed by atoms with Crippen LogP contribution < -0.4 is 5.32 Å². The maximum absolute atomic E-state index is 6.26. The van der Waals surface area contributed by atoms with Gasteiger partial charge in [0.2, 0.25) is 0 Å².